The molecule has 1 aliphatic heterocycles. The van der Waals surface area contributed by atoms with E-state index in [1.807, 2.05) is 79.4 Å². The number of carbonyl (C=O) groups excluding carboxylic acids is 1. The Bertz CT molecular complexity index is 1080. The van der Waals surface area contributed by atoms with Crippen molar-refractivity contribution in [3.63, 3.8) is 0 Å². The lowest BCUT2D eigenvalue weighted by atomic mass is 9.87. The Labute approximate surface area is 195 Å². The van der Waals surface area contributed by atoms with Crippen molar-refractivity contribution in [2.75, 3.05) is 18.1 Å². The topological polar surface area (TPSA) is 38.8 Å². The Morgan fingerprint density at radius 1 is 0.968 bits per heavy atom. The average molecular weight is 501 g/mol. The number of rotatable bonds is 6. The normalized spacial score (nSPS) is 15.5. The van der Waals surface area contributed by atoms with Crippen LogP contribution in [0.15, 0.2) is 65.1 Å². The van der Waals surface area contributed by atoms with Crippen molar-refractivity contribution in [2.24, 2.45) is 0 Å². The number of nitrogens with zero attached hydrogens (tertiary/aromatic N) is 1. The maximum absolute atomic E-state index is 13.4. The minimum atomic E-state index is -0.291. The third kappa shape index (κ3) is 4.43. The molecule has 3 aromatic rings. The van der Waals surface area contributed by atoms with Gasteiger partial charge in [-0.2, -0.15) is 0 Å². The van der Waals surface area contributed by atoms with Crippen molar-refractivity contribution >= 4 is 39.1 Å². The first kappa shape index (κ1) is 21.7. The molecule has 0 bridgehead atoms. The number of benzene rings is 3. The lowest BCUT2D eigenvalue weighted by molar-refractivity contribution is -0.118. The van der Waals surface area contributed by atoms with E-state index in [1.165, 1.54) is 0 Å². The van der Waals surface area contributed by atoms with Crippen LogP contribution in [0.25, 0.3) is 0 Å². The molecule has 0 spiro atoms. The van der Waals surface area contributed by atoms with Gasteiger partial charge in [-0.25, -0.2) is 0 Å². The van der Waals surface area contributed by atoms with Gasteiger partial charge in [-0.15, -0.1) is 0 Å². The third-order valence-corrected chi connectivity index (χ3v) is 6.04. The summed E-state index contributed by atoms with van der Waals surface area (Å²) < 4.78 is 12.7. The first-order valence-electron chi connectivity index (χ1n) is 10.3. The van der Waals surface area contributed by atoms with E-state index >= 15 is 0 Å². The Morgan fingerprint density at radius 3 is 2.19 bits per heavy atom. The predicted octanol–water partition coefficient (Wildman–Crippen LogP) is 6.58. The molecule has 1 heterocycles. The molecule has 0 aromatic heterocycles. The van der Waals surface area contributed by atoms with Crippen molar-refractivity contribution in [2.45, 2.75) is 26.3 Å². The fourth-order valence-electron chi connectivity index (χ4n) is 3.96. The molecular weight excluding hydrogens is 478 g/mol. The van der Waals surface area contributed by atoms with Crippen molar-refractivity contribution in [1.82, 2.24) is 0 Å². The van der Waals surface area contributed by atoms with Crippen molar-refractivity contribution in [1.29, 1.82) is 0 Å². The molecule has 0 N–H and O–H groups in total. The van der Waals surface area contributed by atoms with Crippen molar-refractivity contribution in [3.05, 3.63) is 86.8 Å². The van der Waals surface area contributed by atoms with Gasteiger partial charge in [0.2, 0.25) is 5.91 Å². The summed E-state index contributed by atoms with van der Waals surface area (Å²) in [5.74, 6) is 1.38. The minimum Gasteiger partial charge on any atom is -0.490 e. The van der Waals surface area contributed by atoms with Crippen LogP contribution in [0.3, 0.4) is 0 Å². The predicted molar refractivity (Wildman–Crippen MR) is 127 cm³/mol. The molecule has 4 rings (SSSR count). The first-order chi connectivity index (χ1) is 15.0. The van der Waals surface area contributed by atoms with Gasteiger partial charge in [-0.05, 0) is 79.1 Å². The van der Waals surface area contributed by atoms with Crippen LogP contribution in [0.5, 0.6) is 11.5 Å². The molecule has 0 saturated carbocycles. The second kappa shape index (κ2) is 9.33. The maximum Gasteiger partial charge on any atom is 0.232 e. The highest BCUT2D eigenvalue weighted by Gasteiger charge is 2.36. The molecule has 6 heteroatoms. The molecule has 0 saturated heterocycles. The molecule has 0 fully saturated rings. The summed E-state index contributed by atoms with van der Waals surface area (Å²) in [6, 6.07) is 19.1. The number of hydrogen-bond acceptors (Lipinski definition) is 3. The second-order valence-corrected chi connectivity index (χ2v) is 8.59. The van der Waals surface area contributed by atoms with Crippen LogP contribution in [0.1, 0.15) is 36.6 Å². The number of carbonyl (C=O) groups is 1. The maximum atomic E-state index is 13.4. The first-order valence-corrected chi connectivity index (χ1v) is 11.4. The van der Waals surface area contributed by atoms with Crippen LogP contribution >= 0.6 is 27.5 Å². The number of fused-ring (bicyclic) bond motifs is 1. The van der Waals surface area contributed by atoms with Crippen LogP contribution in [0.2, 0.25) is 5.02 Å². The lowest BCUT2D eigenvalue weighted by Gasteiger charge is -2.38. The van der Waals surface area contributed by atoms with Gasteiger partial charge in [-0.1, -0.05) is 39.7 Å². The number of anilines is 1. The van der Waals surface area contributed by atoms with Crippen LogP contribution in [-0.4, -0.2) is 19.1 Å². The van der Waals surface area contributed by atoms with E-state index < -0.39 is 0 Å². The molecule has 0 unspecified atom stereocenters. The molecule has 0 radical (unpaired) electrons. The Hall–Kier alpha value is -2.50. The number of hydrogen-bond donors (Lipinski definition) is 0. The highest BCUT2D eigenvalue weighted by Crippen LogP contribution is 2.43. The number of amides is 1. The molecular formula is C25H23BrClNO3. The Balaban J connectivity index is 1.91. The van der Waals surface area contributed by atoms with Gasteiger partial charge in [-0.3, -0.25) is 4.79 Å². The zero-order chi connectivity index (χ0) is 22.0. The summed E-state index contributed by atoms with van der Waals surface area (Å²) in [6.07, 6.45) is 0.289. The summed E-state index contributed by atoms with van der Waals surface area (Å²) in [7, 11) is 0. The number of ether oxygens (including phenoxy) is 2. The number of halogens is 2. The SMILES string of the molecule is CCOc1cc2c(cc1OCC)[C@H](c1ccc(Br)cc1)N(c1ccc(Cl)cc1)C(=O)C2. The van der Waals surface area contributed by atoms with Crippen LogP contribution < -0.4 is 14.4 Å². The van der Waals surface area contributed by atoms with E-state index in [2.05, 4.69) is 15.9 Å². The van der Waals surface area contributed by atoms with Gasteiger partial charge in [0.1, 0.15) is 0 Å². The van der Waals surface area contributed by atoms with Gasteiger partial charge in [0, 0.05) is 15.2 Å². The molecule has 0 aliphatic carbocycles. The quantitative estimate of drug-likeness (QED) is 0.384. The van der Waals surface area contributed by atoms with E-state index in [0.717, 1.165) is 26.9 Å². The monoisotopic (exact) mass is 499 g/mol. The van der Waals surface area contributed by atoms with Gasteiger partial charge in [0.25, 0.3) is 0 Å². The standard InChI is InChI=1S/C25H23BrClNO3/c1-3-30-22-13-17-14-24(29)28(20-11-9-19(27)10-12-20)25(16-5-7-18(26)8-6-16)21(17)15-23(22)31-4-2/h5-13,15,25H,3-4,14H2,1-2H3/t25-/m0/s1. The molecule has 1 amide bonds. The lowest BCUT2D eigenvalue weighted by Crippen LogP contribution is -2.41. The summed E-state index contributed by atoms with van der Waals surface area (Å²) in [5.41, 5.74) is 3.80. The molecule has 31 heavy (non-hydrogen) atoms. The third-order valence-electron chi connectivity index (χ3n) is 5.26. The second-order valence-electron chi connectivity index (χ2n) is 7.23. The summed E-state index contributed by atoms with van der Waals surface area (Å²) >= 11 is 9.61. The molecule has 1 atom stereocenters. The summed E-state index contributed by atoms with van der Waals surface area (Å²) in [6.45, 7) is 4.94. The van der Waals surface area contributed by atoms with Gasteiger partial charge >= 0.3 is 0 Å². The van der Waals surface area contributed by atoms with Gasteiger partial charge in [0.15, 0.2) is 11.5 Å². The average Bonchev–Trinajstić information content (AvgIpc) is 2.75. The van der Waals surface area contributed by atoms with E-state index in [9.17, 15) is 4.79 Å². The molecule has 160 valence electrons. The van der Waals surface area contributed by atoms with E-state index in [-0.39, 0.29) is 18.4 Å². The molecule has 3 aromatic carbocycles. The van der Waals surface area contributed by atoms with Crippen LogP contribution in [0.4, 0.5) is 5.69 Å². The largest absolute Gasteiger partial charge is 0.490 e. The minimum absolute atomic E-state index is 0.0225. The van der Waals surface area contributed by atoms with E-state index in [1.54, 1.807) is 0 Å². The summed E-state index contributed by atoms with van der Waals surface area (Å²) in [4.78, 5) is 15.2. The highest BCUT2D eigenvalue weighted by molar-refractivity contribution is 9.10. The fourth-order valence-corrected chi connectivity index (χ4v) is 4.35. The molecule has 1 aliphatic rings. The zero-order valence-corrected chi connectivity index (χ0v) is 19.7. The van der Waals surface area contributed by atoms with Crippen molar-refractivity contribution in [3.8, 4) is 11.5 Å². The van der Waals surface area contributed by atoms with Crippen LogP contribution in [0, 0.1) is 0 Å². The van der Waals surface area contributed by atoms with Crippen LogP contribution in [-0.2, 0) is 11.2 Å². The Kier molecular flexibility index (Phi) is 6.54. The van der Waals surface area contributed by atoms with E-state index in [4.69, 9.17) is 21.1 Å². The smallest absolute Gasteiger partial charge is 0.232 e. The van der Waals surface area contributed by atoms with Gasteiger partial charge in [0.05, 0.1) is 25.7 Å². The van der Waals surface area contributed by atoms with Gasteiger partial charge < -0.3 is 14.4 Å². The molecule has 4 nitrogen and oxygen atoms in total. The van der Waals surface area contributed by atoms with Crippen molar-refractivity contribution < 1.29 is 14.3 Å². The Morgan fingerprint density at radius 2 is 1.58 bits per heavy atom. The fraction of sp³-hybridized carbons (Fsp3) is 0.240. The van der Waals surface area contributed by atoms with E-state index in [0.29, 0.717) is 29.7 Å². The highest BCUT2D eigenvalue weighted by atomic mass is 79.9. The zero-order valence-electron chi connectivity index (χ0n) is 17.4. The summed E-state index contributed by atoms with van der Waals surface area (Å²) in [5, 5.41) is 0.633.